The average molecular weight is 284 g/mol. The van der Waals surface area contributed by atoms with Crippen LogP contribution in [0.3, 0.4) is 0 Å². The van der Waals surface area contributed by atoms with E-state index in [4.69, 9.17) is 8.92 Å². The maximum Gasteiger partial charge on any atom is 0.337 e. The normalized spacial score (nSPS) is 12.7. The summed E-state index contributed by atoms with van der Waals surface area (Å²) in [7, 11) is -3.74. The average Bonchev–Trinajstić information content (AvgIpc) is 2.35. The first-order valence-electron chi connectivity index (χ1n) is 5.62. The fourth-order valence-electron chi connectivity index (χ4n) is 1.43. The summed E-state index contributed by atoms with van der Waals surface area (Å²) in [5.74, 6) is -0.728. The van der Waals surface area contributed by atoms with Crippen LogP contribution in [0.2, 0.25) is 0 Å². The van der Waals surface area contributed by atoms with Crippen LogP contribution in [-0.2, 0) is 30.3 Å². The Labute approximate surface area is 113 Å². The number of rotatable bonds is 7. The van der Waals surface area contributed by atoms with Crippen molar-refractivity contribution >= 4 is 16.1 Å². The van der Waals surface area contributed by atoms with Gasteiger partial charge >= 0.3 is 5.97 Å². The van der Waals surface area contributed by atoms with Gasteiger partial charge in [-0.1, -0.05) is 43.0 Å². The molecule has 1 rings (SSSR count). The molecule has 0 unspecified atom stereocenters. The summed E-state index contributed by atoms with van der Waals surface area (Å²) in [6.07, 6.45) is 1.24. The molecular formula is C13H16O5S. The molecule has 0 spiro atoms. The highest BCUT2D eigenvalue weighted by molar-refractivity contribution is 7.86. The van der Waals surface area contributed by atoms with Crippen LogP contribution in [0.25, 0.3) is 0 Å². The van der Waals surface area contributed by atoms with Crippen molar-refractivity contribution in [3.8, 4) is 0 Å². The van der Waals surface area contributed by atoms with Crippen molar-refractivity contribution in [2.75, 3.05) is 12.9 Å². The number of esters is 1. The molecule has 104 valence electrons. The molecule has 1 aromatic rings. The van der Waals surface area contributed by atoms with E-state index in [0.29, 0.717) is 0 Å². The van der Waals surface area contributed by atoms with Crippen LogP contribution in [0.15, 0.2) is 43.0 Å². The van der Waals surface area contributed by atoms with E-state index >= 15 is 0 Å². The largest absolute Gasteiger partial charge is 0.460 e. The number of carbonyl (C=O) groups excluding carboxylic acids is 1. The second-order valence-electron chi connectivity index (χ2n) is 3.90. The van der Waals surface area contributed by atoms with E-state index in [0.717, 1.165) is 11.8 Å². The SMILES string of the molecule is C=CCOC(=O)[C@H](Cc1ccccc1)OS(C)(=O)=O. The third kappa shape index (κ3) is 6.17. The number of ether oxygens (including phenoxy) is 1. The van der Waals surface area contributed by atoms with Gasteiger partial charge in [-0.2, -0.15) is 8.42 Å². The molecule has 0 bridgehead atoms. The zero-order valence-corrected chi connectivity index (χ0v) is 11.4. The first kappa shape index (κ1) is 15.4. The lowest BCUT2D eigenvalue weighted by Crippen LogP contribution is -2.31. The third-order valence-corrected chi connectivity index (χ3v) is 2.74. The lowest BCUT2D eigenvalue weighted by molar-refractivity contribution is -0.150. The Hall–Kier alpha value is -1.66. The molecule has 5 nitrogen and oxygen atoms in total. The van der Waals surface area contributed by atoms with Gasteiger partial charge in [0.05, 0.1) is 6.26 Å². The van der Waals surface area contributed by atoms with Crippen LogP contribution in [0.5, 0.6) is 0 Å². The quantitative estimate of drug-likeness (QED) is 0.429. The Morgan fingerprint density at radius 1 is 1.37 bits per heavy atom. The van der Waals surface area contributed by atoms with Crippen LogP contribution in [-0.4, -0.2) is 33.4 Å². The molecule has 0 N–H and O–H groups in total. The van der Waals surface area contributed by atoms with Crippen molar-refractivity contribution in [1.82, 2.24) is 0 Å². The van der Waals surface area contributed by atoms with Crippen molar-refractivity contribution in [2.24, 2.45) is 0 Å². The number of hydrogen-bond acceptors (Lipinski definition) is 5. The van der Waals surface area contributed by atoms with Crippen molar-refractivity contribution in [3.05, 3.63) is 48.6 Å². The van der Waals surface area contributed by atoms with E-state index in [1.807, 2.05) is 6.07 Å². The Kier molecular flexibility index (Phi) is 5.72. The molecule has 0 saturated heterocycles. The van der Waals surface area contributed by atoms with E-state index < -0.39 is 22.2 Å². The maximum atomic E-state index is 11.7. The van der Waals surface area contributed by atoms with Gasteiger partial charge in [0.15, 0.2) is 6.10 Å². The van der Waals surface area contributed by atoms with E-state index in [1.165, 1.54) is 6.08 Å². The zero-order chi connectivity index (χ0) is 14.3. The standard InChI is InChI=1S/C13H16O5S/c1-3-9-17-13(14)12(18-19(2,15)16)10-11-7-5-4-6-8-11/h3-8,12H,1,9-10H2,2H3/t12-/m0/s1. The molecule has 0 saturated carbocycles. The second-order valence-corrected chi connectivity index (χ2v) is 5.50. The molecule has 0 aliphatic heterocycles. The predicted octanol–water partition coefficient (Wildman–Crippen LogP) is 1.30. The molecule has 0 heterocycles. The van der Waals surface area contributed by atoms with Crippen LogP contribution >= 0.6 is 0 Å². The van der Waals surface area contributed by atoms with Gasteiger partial charge < -0.3 is 4.74 Å². The maximum absolute atomic E-state index is 11.7. The van der Waals surface area contributed by atoms with E-state index in [2.05, 4.69) is 6.58 Å². The highest BCUT2D eigenvalue weighted by Crippen LogP contribution is 2.10. The second kappa shape index (κ2) is 7.06. The Morgan fingerprint density at radius 3 is 2.53 bits per heavy atom. The summed E-state index contributed by atoms with van der Waals surface area (Å²) in [5, 5.41) is 0. The minimum Gasteiger partial charge on any atom is -0.460 e. The van der Waals surface area contributed by atoms with Gasteiger partial charge in [0.25, 0.3) is 10.1 Å². The lowest BCUT2D eigenvalue weighted by Gasteiger charge is -2.14. The minimum absolute atomic E-state index is 0.0112. The monoisotopic (exact) mass is 284 g/mol. The molecule has 1 aromatic carbocycles. The van der Waals surface area contributed by atoms with Crippen LogP contribution in [0.4, 0.5) is 0 Å². The Morgan fingerprint density at radius 2 is 2.00 bits per heavy atom. The van der Waals surface area contributed by atoms with E-state index in [9.17, 15) is 13.2 Å². The van der Waals surface area contributed by atoms with Gasteiger partial charge in [0.2, 0.25) is 0 Å². The zero-order valence-electron chi connectivity index (χ0n) is 10.6. The summed E-state index contributed by atoms with van der Waals surface area (Å²) in [6, 6.07) is 8.97. The number of carbonyl (C=O) groups is 1. The summed E-state index contributed by atoms with van der Waals surface area (Å²) >= 11 is 0. The first-order chi connectivity index (χ1) is 8.92. The van der Waals surface area contributed by atoms with Gasteiger partial charge in [0, 0.05) is 6.42 Å². The highest BCUT2D eigenvalue weighted by atomic mass is 32.2. The molecule has 0 amide bonds. The topological polar surface area (TPSA) is 69.7 Å². The molecular weight excluding hydrogens is 268 g/mol. The lowest BCUT2D eigenvalue weighted by atomic mass is 10.1. The third-order valence-electron chi connectivity index (χ3n) is 2.16. The molecule has 0 aliphatic carbocycles. The molecule has 0 fully saturated rings. The molecule has 1 atom stereocenters. The van der Waals surface area contributed by atoms with Crippen molar-refractivity contribution in [1.29, 1.82) is 0 Å². The van der Waals surface area contributed by atoms with Crippen molar-refractivity contribution in [2.45, 2.75) is 12.5 Å². The predicted molar refractivity (Wildman–Crippen MR) is 71.0 cm³/mol. The van der Waals surface area contributed by atoms with Crippen LogP contribution < -0.4 is 0 Å². The summed E-state index contributed by atoms with van der Waals surface area (Å²) in [5.41, 5.74) is 0.784. The van der Waals surface area contributed by atoms with Gasteiger partial charge in [-0.15, -0.1) is 0 Å². The van der Waals surface area contributed by atoms with Gasteiger partial charge in [-0.3, -0.25) is 4.18 Å². The summed E-state index contributed by atoms with van der Waals surface area (Å²) in [6.45, 7) is 3.43. The summed E-state index contributed by atoms with van der Waals surface area (Å²) < 4.78 is 31.9. The van der Waals surface area contributed by atoms with Crippen LogP contribution in [0, 0.1) is 0 Å². The molecule has 0 aromatic heterocycles. The fourth-order valence-corrected chi connectivity index (χ4v) is 2.00. The molecule has 0 radical (unpaired) electrons. The smallest absolute Gasteiger partial charge is 0.337 e. The Balaban J connectivity index is 2.80. The fraction of sp³-hybridized carbons (Fsp3) is 0.308. The van der Waals surface area contributed by atoms with Gasteiger partial charge in [-0.25, -0.2) is 4.79 Å². The Bertz CT molecular complexity index is 521. The van der Waals surface area contributed by atoms with Crippen molar-refractivity contribution < 1.29 is 22.1 Å². The van der Waals surface area contributed by atoms with Gasteiger partial charge in [0.1, 0.15) is 6.61 Å². The first-order valence-corrected chi connectivity index (χ1v) is 7.44. The molecule has 19 heavy (non-hydrogen) atoms. The minimum atomic E-state index is -3.74. The van der Waals surface area contributed by atoms with Crippen LogP contribution in [0.1, 0.15) is 5.56 Å². The number of hydrogen-bond donors (Lipinski definition) is 0. The van der Waals surface area contributed by atoms with E-state index in [1.54, 1.807) is 24.3 Å². The number of benzene rings is 1. The molecule has 6 heteroatoms. The molecule has 0 aliphatic rings. The van der Waals surface area contributed by atoms with E-state index in [-0.39, 0.29) is 13.0 Å². The van der Waals surface area contributed by atoms with Gasteiger partial charge in [-0.05, 0) is 5.56 Å². The summed E-state index contributed by atoms with van der Waals surface area (Å²) in [4.78, 5) is 11.7. The highest BCUT2D eigenvalue weighted by Gasteiger charge is 2.25. The van der Waals surface area contributed by atoms with Crippen molar-refractivity contribution in [3.63, 3.8) is 0 Å².